The van der Waals surface area contributed by atoms with Gasteiger partial charge < -0.3 is 15.2 Å². The first kappa shape index (κ1) is 21.1. The molecule has 1 aliphatic rings. The summed E-state index contributed by atoms with van der Waals surface area (Å²) in [6.07, 6.45) is 6.14. The van der Waals surface area contributed by atoms with Crippen LogP contribution in [0.25, 0.3) is 0 Å². The van der Waals surface area contributed by atoms with Crippen LogP contribution in [0.15, 0.2) is 18.2 Å². The summed E-state index contributed by atoms with van der Waals surface area (Å²) in [5.41, 5.74) is 7.41. The minimum absolute atomic E-state index is 0. The number of piperidine rings is 1. The van der Waals surface area contributed by atoms with Crippen molar-refractivity contribution in [3.05, 3.63) is 23.8 Å². The van der Waals surface area contributed by atoms with Crippen molar-refractivity contribution in [2.45, 2.75) is 57.5 Å². The van der Waals surface area contributed by atoms with Crippen LogP contribution in [0, 0.1) is 0 Å². The van der Waals surface area contributed by atoms with Gasteiger partial charge in [0.05, 0.1) is 14.2 Å². The van der Waals surface area contributed by atoms with Crippen molar-refractivity contribution < 1.29 is 9.47 Å². The van der Waals surface area contributed by atoms with Crippen LogP contribution in [-0.4, -0.2) is 43.8 Å². The number of nitrogens with two attached hydrogens (primary N) is 1. The summed E-state index contributed by atoms with van der Waals surface area (Å²) < 4.78 is 10.7. The smallest absolute Gasteiger partial charge is 0.160 e. The highest BCUT2D eigenvalue weighted by molar-refractivity contribution is 5.85. The molecule has 2 rings (SSSR count). The van der Waals surface area contributed by atoms with Gasteiger partial charge in [0.1, 0.15) is 0 Å². The summed E-state index contributed by atoms with van der Waals surface area (Å²) in [4.78, 5) is 2.59. The van der Waals surface area contributed by atoms with Crippen LogP contribution in [0.2, 0.25) is 0 Å². The molecule has 5 heteroatoms. The van der Waals surface area contributed by atoms with E-state index in [4.69, 9.17) is 15.2 Å². The van der Waals surface area contributed by atoms with Crippen LogP contribution in [0.5, 0.6) is 11.5 Å². The van der Waals surface area contributed by atoms with Crippen LogP contribution in [-0.2, 0) is 6.42 Å². The molecule has 1 atom stereocenters. The van der Waals surface area contributed by atoms with Gasteiger partial charge in [-0.05, 0) is 63.8 Å². The van der Waals surface area contributed by atoms with Crippen molar-refractivity contribution in [2.75, 3.05) is 27.3 Å². The van der Waals surface area contributed by atoms with Crippen LogP contribution in [0.4, 0.5) is 0 Å². The Morgan fingerprint density at radius 3 is 2.50 bits per heavy atom. The number of hydrogen-bond donors (Lipinski definition) is 1. The first-order chi connectivity index (χ1) is 10.9. The topological polar surface area (TPSA) is 47.7 Å². The lowest BCUT2D eigenvalue weighted by atomic mass is 9.93. The van der Waals surface area contributed by atoms with Crippen molar-refractivity contribution in [1.82, 2.24) is 4.90 Å². The summed E-state index contributed by atoms with van der Waals surface area (Å²) in [6.45, 7) is 6.39. The third kappa shape index (κ3) is 6.15. The quantitative estimate of drug-likeness (QED) is 0.810. The number of hydrogen-bond acceptors (Lipinski definition) is 4. The molecule has 138 valence electrons. The van der Waals surface area contributed by atoms with E-state index in [-0.39, 0.29) is 17.9 Å². The molecule has 1 aromatic rings. The fourth-order valence-electron chi connectivity index (χ4n) is 3.49. The number of nitrogens with zero attached hydrogens (tertiary/aromatic N) is 1. The SMILES string of the molecule is COc1ccc(CCC2CCCCN2CC(C)(C)N)cc1OC.Cl. The number of likely N-dealkylation sites (tertiary alicyclic amines) is 1. The molecule has 0 aliphatic carbocycles. The molecule has 4 nitrogen and oxygen atoms in total. The van der Waals surface area contributed by atoms with E-state index in [1.807, 2.05) is 6.07 Å². The van der Waals surface area contributed by atoms with E-state index in [0.717, 1.165) is 24.5 Å². The Morgan fingerprint density at radius 2 is 1.88 bits per heavy atom. The Kier molecular flexibility index (Phi) is 8.34. The predicted molar refractivity (Wildman–Crippen MR) is 103 cm³/mol. The molecular weight excluding hydrogens is 324 g/mol. The molecule has 1 fully saturated rings. The summed E-state index contributed by atoms with van der Waals surface area (Å²) in [7, 11) is 3.36. The number of halogens is 1. The van der Waals surface area contributed by atoms with Gasteiger partial charge in [-0.15, -0.1) is 12.4 Å². The average Bonchev–Trinajstić information content (AvgIpc) is 2.52. The predicted octanol–water partition coefficient (Wildman–Crippen LogP) is 3.65. The molecule has 0 amide bonds. The molecule has 1 aliphatic heterocycles. The Labute approximate surface area is 153 Å². The number of methoxy groups -OCH3 is 2. The molecular formula is C19H33ClN2O2. The molecule has 24 heavy (non-hydrogen) atoms. The minimum Gasteiger partial charge on any atom is -0.493 e. The first-order valence-electron chi connectivity index (χ1n) is 8.67. The van der Waals surface area contributed by atoms with Gasteiger partial charge in [-0.3, -0.25) is 4.90 Å². The van der Waals surface area contributed by atoms with Gasteiger partial charge in [0.15, 0.2) is 11.5 Å². The number of aryl methyl sites for hydroxylation is 1. The van der Waals surface area contributed by atoms with Crippen LogP contribution in [0.1, 0.15) is 45.1 Å². The zero-order chi connectivity index (χ0) is 16.9. The maximum atomic E-state index is 6.23. The zero-order valence-electron chi connectivity index (χ0n) is 15.5. The van der Waals surface area contributed by atoms with Gasteiger partial charge in [0.2, 0.25) is 0 Å². The van der Waals surface area contributed by atoms with Gasteiger partial charge in [-0.25, -0.2) is 0 Å². The Morgan fingerprint density at radius 1 is 1.17 bits per heavy atom. The van der Waals surface area contributed by atoms with Gasteiger partial charge in [-0.1, -0.05) is 12.5 Å². The summed E-state index contributed by atoms with van der Waals surface area (Å²) in [5.74, 6) is 1.61. The molecule has 0 saturated carbocycles. The third-order valence-corrected chi connectivity index (χ3v) is 4.57. The molecule has 1 unspecified atom stereocenters. The lowest BCUT2D eigenvalue weighted by molar-refractivity contribution is 0.116. The van der Waals surface area contributed by atoms with E-state index in [1.165, 1.54) is 37.8 Å². The number of benzene rings is 1. The maximum absolute atomic E-state index is 6.23. The highest BCUT2D eigenvalue weighted by atomic mass is 35.5. The molecule has 2 N–H and O–H groups in total. The highest BCUT2D eigenvalue weighted by Gasteiger charge is 2.26. The van der Waals surface area contributed by atoms with Crippen molar-refractivity contribution in [1.29, 1.82) is 0 Å². The van der Waals surface area contributed by atoms with Crippen LogP contribution >= 0.6 is 12.4 Å². The molecule has 1 saturated heterocycles. The van der Waals surface area contributed by atoms with E-state index in [0.29, 0.717) is 6.04 Å². The first-order valence-corrected chi connectivity index (χ1v) is 8.67. The van der Waals surface area contributed by atoms with Crippen molar-refractivity contribution in [2.24, 2.45) is 5.73 Å². The standard InChI is InChI=1S/C19H32N2O2.ClH/c1-19(2,20)14-21-12-6-5-7-16(21)10-8-15-9-11-17(22-3)18(13-15)23-4;/h9,11,13,16H,5-8,10,12,14,20H2,1-4H3;1H. The van der Waals surface area contributed by atoms with Crippen molar-refractivity contribution in [3.8, 4) is 11.5 Å². The average molecular weight is 357 g/mol. The number of ether oxygens (including phenoxy) is 2. The fourth-order valence-corrected chi connectivity index (χ4v) is 3.49. The zero-order valence-corrected chi connectivity index (χ0v) is 16.3. The monoisotopic (exact) mass is 356 g/mol. The Balaban J connectivity index is 0.00000288. The Hall–Kier alpha value is -0.970. The second-order valence-electron chi connectivity index (χ2n) is 7.34. The molecule has 0 radical (unpaired) electrons. The second kappa shape index (κ2) is 9.50. The van der Waals surface area contributed by atoms with Gasteiger partial charge in [0.25, 0.3) is 0 Å². The lowest BCUT2D eigenvalue weighted by Crippen LogP contribution is -2.51. The van der Waals surface area contributed by atoms with E-state index < -0.39 is 0 Å². The molecule has 1 heterocycles. The summed E-state index contributed by atoms with van der Waals surface area (Å²) in [6, 6.07) is 6.87. The molecule has 0 bridgehead atoms. The second-order valence-corrected chi connectivity index (χ2v) is 7.34. The van der Waals surface area contributed by atoms with Crippen molar-refractivity contribution in [3.63, 3.8) is 0 Å². The number of rotatable bonds is 7. The van der Waals surface area contributed by atoms with Gasteiger partial charge >= 0.3 is 0 Å². The molecule has 0 aromatic heterocycles. The van der Waals surface area contributed by atoms with Crippen LogP contribution < -0.4 is 15.2 Å². The summed E-state index contributed by atoms with van der Waals surface area (Å²) in [5, 5.41) is 0. The maximum Gasteiger partial charge on any atom is 0.160 e. The minimum atomic E-state index is -0.126. The largest absolute Gasteiger partial charge is 0.493 e. The molecule has 1 aromatic carbocycles. The van der Waals surface area contributed by atoms with E-state index in [9.17, 15) is 0 Å². The highest BCUT2D eigenvalue weighted by Crippen LogP contribution is 2.29. The normalized spacial score (nSPS) is 18.8. The van der Waals surface area contributed by atoms with Crippen molar-refractivity contribution >= 4 is 12.4 Å². The van der Waals surface area contributed by atoms with Crippen LogP contribution in [0.3, 0.4) is 0 Å². The van der Waals surface area contributed by atoms with E-state index >= 15 is 0 Å². The lowest BCUT2D eigenvalue weighted by Gasteiger charge is -2.39. The van der Waals surface area contributed by atoms with Gasteiger partial charge in [0, 0.05) is 18.1 Å². The third-order valence-electron chi connectivity index (χ3n) is 4.57. The van der Waals surface area contributed by atoms with E-state index in [2.05, 4.69) is 30.9 Å². The van der Waals surface area contributed by atoms with Gasteiger partial charge in [-0.2, -0.15) is 0 Å². The Bertz CT molecular complexity index is 503. The van der Waals surface area contributed by atoms with E-state index in [1.54, 1.807) is 14.2 Å². The fraction of sp³-hybridized carbons (Fsp3) is 0.684. The molecule has 0 spiro atoms. The summed E-state index contributed by atoms with van der Waals surface area (Å²) >= 11 is 0.